The van der Waals surface area contributed by atoms with Crippen LogP contribution in [-0.4, -0.2) is 24.4 Å². The van der Waals surface area contributed by atoms with E-state index in [0.29, 0.717) is 18.0 Å². The predicted molar refractivity (Wildman–Crippen MR) is 90.1 cm³/mol. The summed E-state index contributed by atoms with van der Waals surface area (Å²) in [5, 5.41) is 2.95. The van der Waals surface area contributed by atoms with Crippen LogP contribution in [0.4, 0.5) is 5.69 Å². The van der Waals surface area contributed by atoms with Crippen LogP contribution < -0.4 is 10.2 Å². The van der Waals surface area contributed by atoms with E-state index in [1.54, 1.807) is 17.2 Å². The number of furan rings is 1. The van der Waals surface area contributed by atoms with Crippen LogP contribution >= 0.6 is 0 Å². The Morgan fingerprint density at radius 1 is 1.21 bits per heavy atom. The van der Waals surface area contributed by atoms with E-state index >= 15 is 0 Å². The molecule has 0 radical (unpaired) electrons. The number of anilines is 1. The van der Waals surface area contributed by atoms with Crippen molar-refractivity contribution in [2.75, 3.05) is 11.4 Å². The minimum absolute atomic E-state index is 0.0480. The standard InChI is InChI=1S/C19H20N2O3/c1-12(22)20-15-10-14-4-2-3-5-17(14)21(11-15)19(23)16-8-9-24-18(16)13-6-7-13/h2-5,8-9,13,15H,6-7,10-11H2,1H3,(H,20,22). The van der Waals surface area contributed by atoms with Crippen molar-refractivity contribution in [3.05, 3.63) is 53.5 Å². The van der Waals surface area contributed by atoms with Crippen molar-refractivity contribution in [2.24, 2.45) is 0 Å². The van der Waals surface area contributed by atoms with Gasteiger partial charge in [0.2, 0.25) is 5.91 Å². The topological polar surface area (TPSA) is 62.6 Å². The molecule has 24 heavy (non-hydrogen) atoms. The average Bonchev–Trinajstić information content (AvgIpc) is 3.29. The van der Waals surface area contributed by atoms with Gasteiger partial charge < -0.3 is 14.6 Å². The van der Waals surface area contributed by atoms with Gasteiger partial charge in [-0.15, -0.1) is 0 Å². The molecule has 2 aromatic rings. The molecule has 1 unspecified atom stereocenters. The zero-order valence-electron chi connectivity index (χ0n) is 13.6. The second-order valence-electron chi connectivity index (χ2n) is 6.62. The summed E-state index contributed by atoms with van der Waals surface area (Å²) in [5.41, 5.74) is 2.65. The molecule has 1 aliphatic heterocycles. The Labute approximate surface area is 140 Å². The van der Waals surface area contributed by atoms with E-state index in [1.165, 1.54) is 6.92 Å². The van der Waals surface area contributed by atoms with Gasteiger partial charge in [-0.05, 0) is 37.0 Å². The molecule has 5 heteroatoms. The predicted octanol–water partition coefficient (Wildman–Crippen LogP) is 2.86. The number of benzene rings is 1. The number of amides is 2. The smallest absolute Gasteiger partial charge is 0.261 e. The van der Waals surface area contributed by atoms with Crippen molar-refractivity contribution < 1.29 is 14.0 Å². The van der Waals surface area contributed by atoms with Crippen molar-refractivity contribution >= 4 is 17.5 Å². The monoisotopic (exact) mass is 324 g/mol. The summed E-state index contributed by atoms with van der Waals surface area (Å²) in [6.07, 6.45) is 4.50. The van der Waals surface area contributed by atoms with Crippen LogP contribution in [0.2, 0.25) is 0 Å². The summed E-state index contributed by atoms with van der Waals surface area (Å²) in [7, 11) is 0. The fraction of sp³-hybridized carbons (Fsp3) is 0.368. The van der Waals surface area contributed by atoms with Gasteiger partial charge in [-0.25, -0.2) is 0 Å². The Bertz CT molecular complexity index is 791. The summed E-state index contributed by atoms with van der Waals surface area (Å²) >= 11 is 0. The molecule has 2 heterocycles. The van der Waals surface area contributed by atoms with Gasteiger partial charge in [-0.1, -0.05) is 18.2 Å². The Morgan fingerprint density at radius 2 is 2.00 bits per heavy atom. The molecular formula is C19H20N2O3. The number of carbonyl (C=O) groups excluding carboxylic acids is 2. The number of para-hydroxylation sites is 1. The third kappa shape index (κ3) is 2.70. The molecule has 0 spiro atoms. The Hall–Kier alpha value is -2.56. The number of carbonyl (C=O) groups is 2. The highest BCUT2D eigenvalue weighted by atomic mass is 16.3. The van der Waals surface area contributed by atoms with Gasteiger partial charge in [0, 0.05) is 25.1 Å². The minimum Gasteiger partial charge on any atom is -0.468 e. The molecule has 0 bridgehead atoms. The lowest BCUT2D eigenvalue weighted by molar-refractivity contribution is -0.119. The van der Waals surface area contributed by atoms with E-state index in [4.69, 9.17) is 4.42 Å². The number of fused-ring (bicyclic) bond motifs is 1. The first-order valence-corrected chi connectivity index (χ1v) is 8.37. The first kappa shape index (κ1) is 15.0. The maximum absolute atomic E-state index is 13.2. The third-order valence-electron chi connectivity index (χ3n) is 4.68. The zero-order valence-corrected chi connectivity index (χ0v) is 13.6. The van der Waals surface area contributed by atoms with Gasteiger partial charge in [0.1, 0.15) is 5.76 Å². The van der Waals surface area contributed by atoms with E-state index in [2.05, 4.69) is 5.32 Å². The SMILES string of the molecule is CC(=O)NC1Cc2ccccc2N(C(=O)c2ccoc2C2CC2)C1. The summed E-state index contributed by atoms with van der Waals surface area (Å²) in [6.45, 7) is 1.98. The molecule has 124 valence electrons. The Kier molecular flexibility index (Phi) is 3.63. The number of nitrogens with zero attached hydrogens (tertiary/aromatic N) is 1. The van der Waals surface area contributed by atoms with Crippen LogP contribution in [0.3, 0.4) is 0 Å². The van der Waals surface area contributed by atoms with Gasteiger partial charge >= 0.3 is 0 Å². The number of hydrogen-bond acceptors (Lipinski definition) is 3. The largest absolute Gasteiger partial charge is 0.468 e. The first-order chi connectivity index (χ1) is 11.6. The van der Waals surface area contributed by atoms with E-state index in [9.17, 15) is 9.59 Å². The highest BCUT2D eigenvalue weighted by molar-refractivity contribution is 6.07. The van der Waals surface area contributed by atoms with Crippen LogP contribution in [-0.2, 0) is 11.2 Å². The summed E-state index contributed by atoms with van der Waals surface area (Å²) in [4.78, 5) is 26.4. The molecule has 4 rings (SSSR count). The molecular weight excluding hydrogens is 304 g/mol. The van der Waals surface area contributed by atoms with E-state index < -0.39 is 0 Å². The van der Waals surface area contributed by atoms with E-state index in [0.717, 1.165) is 36.3 Å². The zero-order chi connectivity index (χ0) is 16.7. The molecule has 1 aromatic carbocycles. The summed E-state index contributed by atoms with van der Waals surface area (Å²) in [6, 6.07) is 9.58. The molecule has 1 N–H and O–H groups in total. The normalized spacial score (nSPS) is 19.7. The Morgan fingerprint density at radius 3 is 2.75 bits per heavy atom. The van der Waals surface area contributed by atoms with Crippen LogP contribution in [0.15, 0.2) is 41.0 Å². The quantitative estimate of drug-likeness (QED) is 0.944. The molecule has 1 fully saturated rings. The van der Waals surface area contributed by atoms with E-state index in [-0.39, 0.29) is 17.9 Å². The lowest BCUT2D eigenvalue weighted by atomic mass is 9.97. The van der Waals surface area contributed by atoms with Crippen molar-refractivity contribution in [2.45, 2.75) is 38.1 Å². The maximum atomic E-state index is 13.2. The van der Waals surface area contributed by atoms with Gasteiger partial charge in [0.25, 0.3) is 5.91 Å². The molecule has 0 saturated heterocycles. The van der Waals surface area contributed by atoms with Crippen LogP contribution in [0.1, 0.15) is 47.4 Å². The lowest BCUT2D eigenvalue weighted by Crippen LogP contribution is -2.49. The van der Waals surface area contributed by atoms with Crippen molar-refractivity contribution in [3.8, 4) is 0 Å². The van der Waals surface area contributed by atoms with Crippen LogP contribution in [0.5, 0.6) is 0 Å². The fourth-order valence-corrected chi connectivity index (χ4v) is 3.48. The van der Waals surface area contributed by atoms with Crippen molar-refractivity contribution in [1.82, 2.24) is 5.32 Å². The fourth-order valence-electron chi connectivity index (χ4n) is 3.48. The van der Waals surface area contributed by atoms with Gasteiger partial charge in [-0.2, -0.15) is 0 Å². The van der Waals surface area contributed by atoms with Crippen molar-refractivity contribution in [1.29, 1.82) is 0 Å². The van der Waals surface area contributed by atoms with Gasteiger partial charge in [0.15, 0.2) is 0 Å². The second-order valence-corrected chi connectivity index (χ2v) is 6.62. The highest BCUT2D eigenvalue weighted by Gasteiger charge is 2.35. The number of nitrogens with one attached hydrogen (secondary N) is 1. The number of rotatable bonds is 3. The molecule has 1 aliphatic carbocycles. The molecule has 1 saturated carbocycles. The van der Waals surface area contributed by atoms with E-state index in [1.807, 2.05) is 24.3 Å². The molecule has 1 atom stereocenters. The molecule has 1 aromatic heterocycles. The highest BCUT2D eigenvalue weighted by Crippen LogP contribution is 2.42. The van der Waals surface area contributed by atoms with Gasteiger partial charge in [0.05, 0.1) is 17.9 Å². The van der Waals surface area contributed by atoms with Crippen LogP contribution in [0.25, 0.3) is 0 Å². The summed E-state index contributed by atoms with van der Waals surface area (Å²) in [5.74, 6) is 1.06. The second kappa shape index (κ2) is 5.82. The third-order valence-corrected chi connectivity index (χ3v) is 4.68. The van der Waals surface area contributed by atoms with Crippen LogP contribution in [0, 0.1) is 0 Å². The Balaban J connectivity index is 1.68. The molecule has 2 aliphatic rings. The first-order valence-electron chi connectivity index (χ1n) is 8.37. The van der Waals surface area contributed by atoms with Gasteiger partial charge in [-0.3, -0.25) is 9.59 Å². The lowest BCUT2D eigenvalue weighted by Gasteiger charge is -2.34. The molecule has 2 amide bonds. The molecule has 5 nitrogen and oxygen atoms in total. The van der Waals surface area contributed by atoms with Crippen molar-refractivity contribution in [3.63, 3.8) is 0 Å². The number of hydrogen-bond donors (Lipinski definition) is 1. The minimum atomic E-state index is -0.0752. The average molecular weight is 324 g/mol. The maximum Gasteiger partial charge on any atom is 0.261 e. The summed E-state index contributed by atoms with van der Waals surface area (Å²) < 4.78 is 5.56.